The summed E-state index contributed by atoms with van der Waals surface area (Å²) >= 11 is 7.24. The summed E-state index contributed by atoms with van der Waals surface area (Å²) in [5.74, 6) is -0.779. The standard InChI is InChI=1S/C13H15ClN2O3S/c1-7(2)12-16(10(6-20-12)13(18)19)11(17)9-4-3-8(14)5-15-9/h3-5,7,10,12H,6H2,1-2H3,(H,18,19). The Kier molecular flexibility index (Phi) is 4.55. The summed E-state index contributed by atoms with van der Waals surface area (Å²) < 4.78 is 0. The molecule has 0 aliphatic carbocycles. The number of carbonyl (C=O) groups excluding carboxylic acids is 1. The smallest absolute Gasteiger partial charge is 0.327 e. The van der Waals surface area contributed by atoms with E-state index in [1.54, 1.807) is 6.07 Å². The van der Waals surface area contributed by atoms with Crippen LogP contribution in [0, 0.1) is 5.92 Å². The zero-order valence-corrected chi connectivity index (χ0v) is 12.7. The van der Waals surface area contributed by atoms with Gasteiger partial charge in [-0.05, 0) is 18.1 Å². The minimum atomic E-state index is -0.983. The third-order valence-corrected chi connectivity index (χ3v) is 4.92. The number of thioether (sulfide) groups is 1. The molecule has 1 amide bonds. The summed E-state index contributed by atoms with van der Waals surface area (Å²) in [6.45, 7) is 3.94. The van der Waals surface area contributed by atoms with Gasteiger partial charge in [0.15, 0.2) is 0 Å². The van der Waals surface area contributed by atoms with Crippen molar-refractivity contribution in [1.82, 2.24) is 9.88 Å². The van der Waals surface area contributed by atoms with Crippen LogP contribution in [0.4, 0.5) is 0 Å². The van der Waals surface area contributed by atoms with Crippen LogP contribution in [0.5, 0.6) is 0 Å². The van der Waals surface area contributed by atoms with E-state index in [1.165, 1.54) is 28.9 Å². The lowest BCUT2D eigenvalue weighted by atomic mass is 10.1. The lowest BCUT2D eigenvalue weighted by Gasteiger charge is -2.29. The number of hydrogen-bond acceptors (Lipinski definition) is 4. The van der Waals surface area contributed by atoms with E-state index in [4.69, 9.17) is 11.6 Å². The molecule has 1 saturated heterocycles. The number of rotatable bonds is 3. The first-order valence-electron chi connectivity index (χ1n) is 6.20. The third-order valence-electron chi connectivity index (χ3n) is 3.07. The zero-order chi connectivity index (χ0) is 14.9. The normalized spacial score (nSPS) is 22.3. The second-order valence-electron chi connectivity index (χ2n) is 4.90. The Balaban J connectivity index is 2.31. The topological polar surface area (TPSA) is 70.5 Å². The highest BCUT2D eigenvalue weighted by Gasteiger charge is 2.43. The van der Waals surface area contributed by atoms with E-state index in [-0.39, 0.29) is 22.9 Å². The number of halogens is 1. The van der Waals surface area contributed by atoms with Crippen molar-refractivity contribution >= 4 is 35.2 Å². The van der Waals surface area contributed by atoms with Gasteiger partial charge in [0, 0.05) is 11.9 Å². The van der Waals surface area contributed by atoms with E-state index in [1.807, 2.05) is 13.8 Å². The minimum Gasteiger partial charge on any atom is -0.480 e. The molecule has 5 nitrogen and oxygen atoms in total. The predicted octanol–water partition coefficient (Wildman–Crippen LogP) is 2.36. The highest BCUT2D eigenvalue weighted by Crippen LogP contribution is 2.35. The molecule has 0 saturated carbocycles. The van der Waals surface area contributed by atoms with Gasteiger partial charge >= 0.3 is 5.97 Å². The molecule has 1 aromatic rings. The van der Waals surface area contributed by atoms with Gasteiger partial charge in [-0.3, -0.25) is 4.79 Å². The molecule has 2 heterocycles. The summed E-state index contributed by atoms with van der Waals surface area (Å²) in [4.78, 5) is 29.3. The van der Waals surface area contributed by atoms with Gasteiger partial charge in [-0.1, -0.05) is 25.4 Å². The monoisotopic (exact) mass is 314 g/mol. The maximum absolute atomic E-state index is 12.5. The molecule has 1 N–H and O–H groups in total. The molecular weight excluding hydrogens is 300 g/mol. The molecule has 1 fully saturated rings. The number of carboxylic acid groups (broad SMARTS) is 1. The van der Waals surface area contributed by atoms with Gasteiger partial charge in [-0.2, -0.15) is 0 Å². The molecule has 108 valence electrons. The van der Waals surface area contributed by atoms with Gasteiger partial charge in [0.2, 0.25) is 0 Å². The minimum absolute atomic E-state index is 0.152. The van der Waals surface area contributed by atoms with Crippen LogP contribution in [-0.4, -0.2) is 44.0 Å². The SMILES string of the molecule is CC(C)C1SCC(C(=O)O)N1C(=O)c1ccc(Cl)cn1. The second kappa shape index (κ2) is 6.01. The van der Waals surface area contributed by atoms with Crippen LogP contribution in [0.3, 0.4) is 0 Å². The Labute approximate surface area is 126 Å². The Bertz CT molecular complexity index is 521. The first-order valence-corrected chi connectivity index (χ1v) is 7.63. The van der Waals surface area contributed by atoms with Crippen LogP contribution in [0.2, 0.25) is 5.02 Å². The quantitative estimate of drug-likeness (QED) is 0.927. The summed E-state index contributed by atoms with van der Waals surface area (Å²) in [6, 6.07) is 2.28. The van der Waals surface area contributed by atoms with Crippen molar-refractivity contribution in [3.63, 3.8) is 0 Å². The predicted molar refractivity (Wildman–Crippen MR) is 77.9 cm³/mol. The van der Waals surface area contributed by atoms with E-state index >= 15 is 0 Å². The first kappa shape index (κ1) is 15.1. The number of aromatic nitrogens is 1. The molecule has 2 unspecified atom stereocenters. The lowest BCUT2D eigenvalue weighted by molar-refractivity contribution is -0.141. The van der Waals surface area contributed by atoms with Crippen LogP contribution < -0.4 is 0 Å². The first-order chi connectivity index (χ1) is 9.41. The molecule has 0 radical (unpaired) electrons. The van der Waals surface area contributed by atoms with Crippen molar-refractivity contribution in [1.29, 1.82) is 0 Å². The van der Waals surface area contributed by atoms with Crippen LogP contribution in [0.25, 0.3) is 0 Å². The Morgan fingerprint density at radius 3 is 2.70 bits per heavy atom. The molecule has 20 heavy (non-hydrogen) atoms. The molecule has 1 aliphatic heterocycles. The fourth-order valence-corrected chi connectivity index (χ4v) is 3.71. The van der Waals surface area contributed by atoms with Crippen molar-refractivity contribution in [2.45, 2.75) is 25.3 Å². The molecule has 0 bridgehead atoms. The number of carbonyl (C=O) groups is 2. The van der Waals surface area contributed by atoms with Crippen LogP contribution in [0.15, 0.2) is 18.3 Å². The number of aliphatic carboxylic acids is 1. The molecule has 2 atom stereocenters. The molecule has 7 heteroatoms. The van der Waals surface area contributed by atoms with E-state index in [9.17, 15) is 14.7 Å². The number of pyridine rings is 1. The summed E-state index contributed by atoms with van der Waals surface area (Å²) in [5, 5.41) is 9.56. The molecule has 1 aliphatic rings. The Morgan fingerprint density at radius 1 is 1.50 bits per heavy atom. The van der Waals surface area contributed by atoms with Gasteiger partial charge in [0.1, 0.15) is 11.7 Å². The lowest BCUT2D eigenvalue weighted by Crippen LogP contribution is -2.47. The number of hydrogen-bond donors (Lipinski definition) is 1. The summed E-state index contributed by atoms with van der Waals surface area (Å²) in [6.07, 6.45) is 1.39. The Hall–Kier alpha value is -1.27. The van der Waals surface area contributed by atoms with E-state index in [0.29, 0.717) is 10.8 Å². The molecule has 2 rings (SSSR count). The number of amides is 1. The van der Waals surface area contributed by atoms with Gasteiger partial charge < -0.3 is 10.0 Å². The fourth-order valence-electron chi connectivity index (χ4n) is 2.12. The summed E-state index contributed by atoms with van der Waals surface area (Å²) in [7, 11) is 0. The highest BCUT2D eigenvalue weighted by atomic mass is 35.5. The molecular formula is C13H15ClN2O3S. The van der Waals surface area contributed by atoms with Crippen LogP contribution in [0.1, 0.15) is 24.3 Å². The average Bonchev–Trinajstić information content (AvgIpc) is 2.83. The molecule has 1 aromatic heterocycles. The highest BCUT2D eigenvalue weighted by molar-refractivity contribution is 8.00. The molecule has 0 spiro atoms. The number of carboxylic acids is 1. The van der Waals surface area contributed by atoms with Crippen molar-refractivity contribution in [3.05, 3.63) is 29.0 Å². The van der Waals surface area contributed by atoms with Crippen molar-refractivity contribution in [2.75, 3.05) is 5.75 Å². The number of nitrogens with zero attached hydrogens (tertiary/aromatic N) is 2. The van der Waals surface area contributed by atoms with Crippen LogP contribution >= 0.6 is 23.4 Å². The van der Waals surface area contributed by atoms with E-state index in [0.717, 1.165) is 0 Å². The van der Waals surface area contributed by atoms with Gasteiger partial charge in [-0.15, -0.1) is 11.8 Å². The van der Waals surface area contributed by atoms with Gasteiger partial charge in [0.05, 0.1) is 10.4 Å². The summed E-state index contributed by atoms with van der Waals surface area (Å²) in [5.41, 5.74) is 0.216. The van der Waals surface area contributed by atoms with Crippen LogP contribution in [-0.2, 0) is 4.79 Å². The third kappa shape index (κ3) is 2.91. The van der Waals surface area contributed by atoms with Crippen molar-refractivity contribution in [2.24, 2.45) is 5.92 Å². The maximum atomic E-state index is 12.5. The zero-order valence-electron chi connectivity index (χ0n) is 11.1. The Morgan fingerprint density at radius 2 is 2.20 bits per heavy atom. The molecule has 0 aromatic carbocycles. The van der Waals surface area contributed by atoms with Gasteiger partial charge in [-0.25, -0.2) is 9.78 Å². The fraction of sp³-hybridized carbons (Fsp3) is 0.462. The van der Waals surface area contributed by atoms with Crippen molar-refractivity contribution in [3.8, 4) is 0 Å². The largest absolute Gasteiger partial charge is 0.480 e. The van der Waals surface area contributed by atoms with Crippen molar-refractivity contribution < 1.29 is 14.7 Å². The van der Waals surface area contributed by atoms with Gasteiger partial charge in [0.25, 0.3) is 5.91 Å². The maximum Gasteiger partial charge on any atom is 0.327 e. The van der Waals surface area contributed by atoms with E-state index < -0.39 is 12.0 Å². The second-order valence-corrected chi connectivity index (χ2v) is 6.48. The average molecular weight is 315 g/mol. The van der Waals surface area contributed by atoms with E-state index in [2.05, 4.69) is 4.98 Å².